The van der Waals surface area contributed by atoms with E-state index in [4.69, 9.17) is 5.73 Å². The van der Waals surface area contributed by atoms with E-state index in [1.54, 1.807) is 17.0 Å². The van der Waals surface area contributed by atoms with Gasteiger partial charge in [0, 0.05) is 37.1 Å². The van der Waals surface area contributed by atoms with Crippen LogP contribution < -0.4 is 16.2 Å². The van der Waals surface area contributed by atoms with Gasteiger partial charge >= 0.3 is 0 Å². The minimum absolute atomic E-state index is 0.0132. The molecular formula is C15H26N4O. The van der Waals surface area contributed by atoms with Crippen molar-refractivity contribution in [3.8, 4) is 0 Å². The van der Waals surface area contributed by atoms with Gasteiger partial charge in [-0.05, 0) is 46.5 Å². The molecule has 2 rings (SSSR count). The molecule has 1 aromatic rings. The first-order valence-corrected chi connectivity index (χ1v) is 7.64. The molecule has 1 saturated carbocycles. The van der Waals surface area contributed by atoms with Crippen LogP contribution in [0.15, 0.2) is 17.2 Å². The first-order valence-electron chi connectivity index (χ1n) is 7.64. The van der Waals surface area contributed by atoms with Gasteiger partial charge in [0.25, 0.3) is 5.56 Å². The highest BCUT2D eigenvalue weighted by Crippen LogP contribution is 2.24. The number of rotatable bonds is 4. The summed E-state index contributed by atoms with van der Waals surface area (Å²) in [4.78, 5) is 19.1. The van der Waals surface area contributed by atoms with Crippen molar-refractivity contribution >= 4 is 5.82 Å². The van der Waals surface area contributed by atoms with Crippen molar-refractivity contribution in [3.63, 3.8) is 0 Å². The van der Waals surface area contributed by atoms with Gasteiger partial charge in [0.1, 0.15) is 0 Å². The summed E-state index contributed by atoms with van der Waals surface area (Å²) < 4.78 is 1.75. The highest BCUT2D eigenvalue weighted by molar-refractivity contribution is 5.37. The lowest BCUT2D eigenvalue weighted by molar-refractivity contribution is 0.375. The smallest absolute Gasteiger partial charge is 0.293 e. The predicted molar refractivity (Wildman–Crippen MR) is 82.1 cm³/mol. The summed E-state index contributed by atoms with van der Waals surface area (Å²) in [6, 6.07) is 0.867. The molecule has 0 amide bonds. The molecule has 0 saturated heterocycles. The Kier molecular flexibility index (Phi) is 4.81. The Morgan fingerprint density at radius 1 is 1.40 bits per heavy atom. The summed E-state index contributed by atoms with van der Waals surface area (Å²) in [5.74, 6) is 0.587. The molecule has 0 radical (unpaired) electrons. The predicted octanol–water partition coefficient (Wildman–Crippen LogP) is 1.92. The van der Waals surface area contributed by atoms with Crippen molar-refractivity contribution in [1.82, 2.24) is 9.55 Å². The highest BCUT2D eigenvalue weighted by Gasteiger charge is 2.26. The van der Waals surface area contributed by atoms with Gasteiger partial charge in [0.05, 0.1) is 0 Å². The van der Waals surface area contributed by atoms with E-state index in [9.17, 15) is 4.79 Å². The molecule has 1 aliphatic rings. The van der Waals surface area contributed by atoms with E-state index in [0.717, 1.165) is 32.2 Å². The molecule has 1 fully saturated rings. The Bertz CT molecular complexity index is 489. The molecule has 5 heteroatoms. The van der Waals surface area contributed by atoms with Gasteiger partial charge in [0.2, 0.25) is 0 Å². The molecular weight excluding hydrogens is 252 g/mol. The minimum atomic E-state index is 0.0132. The van der Waals surface area contributed by atoms with Crippen molar-refractivity contribution < 1.29 is 0 Å². The molecule has 0 spiro atoms. The molecule has 0 unspecified atom stereocenters. The van der Waals surface area contributed by atoms with E-state index in [-0.39, 0.29) is 11.6 Å². The van der Waals surface area contributed by atoms with Crippen LogP contribution in [0.25, 0.3) is 0 Å². The van der Waals surface area contributed by atoms with E-state index >= 15 is 0 Å². The summed E-state index contributed by atoms with van der Waals surface area (Å²) in [6.45, 7) is 6.93. The maximum absolute atomic E-state index is 12.6. The molecule has 112 valence electrons. The van der Waals surface area contributed by atoms with Gasteiger partial charge < -0.3 is 15.2 Å². The quantitative estimate of drug-likeness (QED) is 0.914. The van der Waals surface area contributed by atoms with Crippen LogP contribution in [0.3, 0.4) is 0 Å². The zero-order valence-electron chi connectivity index (χ0n) is 12.7. The Balaban J connectivity index is 2.28. The zero-order valence-corrected chi connectivity index (χ0v) is 12.7. The minimum Gasteiger partial charge on any atom is -0.349 e. The number of hydrogen-bond acceptors (Lipinski definition) is 4. The Labute approximate surface area is 120 Å². The van der Waals surface area contributed by atoms with Crippen molar-refractivity contribution in [2.45, 2.75) is 64.6 Å². The van der Waals surface area contributed by atoms with Crippen LogP contribution in [-0.4, -0.2) is 28.2 Å². The van der Waals surface area contributed by atoms with Crippen molar-refractivity contribution in [2.75, 3.05) is 11.4 Å². The van der Waals surface area contributed by atoms with Crippen LogP contribution in [0.4, 0.5) is 5.82 Å². The summed E-state index contributed by atoms with van der Waals surface area (Å²) in [7, 11) is 0. The van der Waals surface area contributed by atoms with E-state index in [1.165, 1.54) is 0 Å². The third-order valence-corrected chi connectivity index (χ3v) is 4.20. The van der Waals surface area contributed by atoms with E-state index in [2.05, 4.69) is 16.8 Å². The Hall–Kier alpha value is -1.36. The van der Waals surface area contributed by atoms with Gasteiger partial charge in [-0.2, -0.15) is 0 Å². The second-order valence-corrected chi connectivity index (χ2v) is 5.91. The van der Waals surface area contributed by atoms with Gasteiger partial charge in [0.15, 0.2) is 5.82 Å². The topological polar surface area (TPSA) is 64.2 Å². The maximum atomic E-state index is 12.6. The molecule has 2 N–H and O–H groups in total. The van der Waals surface area contributed by atoms with Gasteiger partial charge in [-0.1, -0.05) is 0 Å². The second kappa shape index (κ2) is 6.39. The molecule has 0 aromatic carbocycles. The molecule has 1 aliphatic carbocycles. The lowest BCUT2D eigenvalue weighted by atomic mass is 9.91. The standard InChI is InChI=1S/C15H26N4O/c1-4-18(13-7-5-12(16)6-8-13)14-15(20)19(11(2)3)10-9-17-14/h9-13H,4-8,16H2,1-3H3. The first kappa shape index (κ1) is 15.0. The fraction of sp³-hybridized carbons (Fsp3) is 0.733. The summed E-state index contributed by atoms with van der Waals surface area (Å²) in [6.07, 6.45) is 7.66. The van der Waals surface area contributed by atoms with E-state index in [1.807, 2.05) is 13.8 Å². The fourth-order valence-corrected chi connectivity index (χ4v) is 3.01. The third kappa shape index (κ3) is 3.03. The molecule has 5 nitrogen and oxygen atoms in total. The van der Waals surface area contributed by atoms with Crippen LogP contribution in [0.2, 0.25) is 0 Å². The maximum Gasteiger partial charge on any atom is 0.293 e. The molecule has 20 heavy (non-hydrogen) atoms. The molecule has 0 bridgehead atoms. The van der Waals surface area contributed by atoms with E-state index < -0.39 is 0 Å². The SMILES string of the molecule is CCN(c1nccn(C(C)C)c1=O)C1CCC(N)CC1. The first-order chi connectivity index (χ1) is 9.54. The van der Waals surface area contributed by atoms with E-state index in [0.29, 0.717) is 17.9 Å². The van der Waals surface area contributed by atoms with Crippen molar-refractivity contribution in [2.24, 2.45) is 5.73 Å². The van der Waals surface area contributed by atoms with Crippen LogP contribution in [0.1, 0.15) is 52.5 Å². The van der Waals surface area contributed by atoms with Crippen LogP contribution in [0.5, 0.6) is 0 Å². The normalized spacial score (nSPS) is 23.1. The van der Waals surface area contributed by atoms with Crippen LogP contribution in [0, 0.1) is 0 Å². The summed E-state index contributed by atoms with van der Waals surface area (Å²) in [5.41, 5.74) is 5.98. The molecule has 1 heterocycles. The molecule has 1 aromatic heterocycles. The van der Waals surface area contributed by atoms with Crippen molar-refractivity contribution in [1.29, 1.82) is 0 Å². The third-order valence-electron chi connectivity index (χ3n) is 4.20. The number of nitrogens with two attached hydrogens (primary N) is 1. The summed E-state index contributed by atoms with van der Waals surface area (Å²) in [5, 5.41) is 0. The zero-order chi connectivity index (χ0) is 14.7. The summed E-state index contributed by atoms with van der Waals surface area (Å²) >= 11 is 0. The van der Waals surface area contributed by atoms with Gasteiger partial charge in [-0.3, -0.25) is 4.79 Å². The van der Waals surface area contributed by atoms with Crippen molar-refractivity contribution in [3.05, 3.63) is 22.7 Å². The average molecular weight is 278 g/mol. The second-order valence-electron chi connectivity index (χ2n) is 5.91. The van der Waals surface area contributed by atoms with Crippen LogP contribution in [-0.2, 0) is 0 Å². The molecule has 0 atom stereocenters. The highest BCUT2D eigenvalue weighted by atomic mass is 16.1. The van der Waals surface area contributed by atoms with Gasteiger partial charge in [-0.15, -0.1) is 0 Å². The number of anilines is 1. The molecule has 0 aliphatic heterocycles. The Morgan fingerprint density at radius 2 is 2.05 bits per heavy atom. The lowest BCUT2D eigenvalue weighted by Gasteiger charge is -2.36. The largest absolute Gasteiger partial charge is 0.349 e. The lowest BCUT2D eigenvalue weighted by Crippen LogP contribution is -2.44. The van der Waals surface area contributed by atoms with Gasteiger partial charge in [-0.25, -0.2) is 4.98 Å². The monoisotopic (exact) mass is 278 g/mol. The number of aromatic nitrogens is 2. The average Bonchev–Trinajstić information content (AvgIpc) is 2.43. The number of hydrogen-bond donors (Lipinski definition) is 1. The Morgan fingerprint density at radius 3 is 2.60 bits per heavy atom. The number of nitrogens with zero attached hydrogens (tertiary/aromatic N) is 3. The fourth-order valence-electron chi connectivity index (χ4n) is 3.01. The van der Waals surface area contributed by atoms with Crippen LogP contribution >= 0.6 is 0 Å².